The van der Waals surface area contributed by atoms with Crippen molar-refractivity contribution < 1.29 is 41.7 Å². The number of methoxy groups -OCH3 is 1. The first-order chi connectivity index (χ1) is 13.7. The summed E-state index contributed by atoms with van der Waals surface area (Å²) in [4.78, 5) is 12.7. The van der Waals surface area contributed by atoms with E-state index in [2.05, 4.69) is 0 Å². The summed E-state index contributed by atoms with van der Waals surface area (Å²) in [7, 11) is 1.51. The Morgan fingerprint density at radius 2 is 1.76 bits per heavy atom. The molecule has 0 amide bonds. The number of esters is 1. The Labute approximate surface area is 165 Å². The van der Waals surface area contributed by atoms with E-state index in [1.807, 2.05) is 6.92 Å². The van der Waals surface area contributed by atoms with Gasteiger partial charge in [0.15, 0.2) is 6.10 Å². The molecule has 158 valence electrons. The summed E-state index contributed by atoms with van der Waals surface area (Å²) < 4.78 is 67.9. The molecule has 0 radical (unpaired) electrons. The number of benzene rings is 1. The lowest BCUT2D eigenvalue weighted by Crippen LogP contribution is -2.42. The fraction of sp³-hybridized carbons (Fsp3) is 0.550. The third-order valence-electron chi connectivity index (χ3n) is 5.33. The van der Waals surface area contributed by atoms with Crippen molar-refractivity contribution in [1.82, 2.24) is 0 Å². The molecule has 29 heavy (non-hydrogen) atoms. The molecule has 0 spiro atoms. The van der Waals surface area contributed by atoms with Gasteiger partial charge in [0.05, 0.1) is 18.8 Å². The van der Waals surface area contributed by atoms with E-state index < -0.39 is 42.1 Å². The van der Waals surface area contributed by atoms with Crippen LogP contribution in [0.15, 0.2) is 17.7 Å². The molecule has 3 aliphatic rings. The van der Waals surface area contributed by atoms with Crippen molar-refractivity contribution in [3.05, 3.63) is 34.4 Å². The van der Waals surface area contributed by atoms with E-state index in [0.717, 1.165) is 5.56 Å². The molecular weight excluding hydrogens is 393 g/mol. The fourth-order valence-corrected chi connectivity index (χ4v) is 4.03. The van der Waals surface area contributed by atoms with Gasteiger partial charge in [0, 0.05) is 12.7 Å². The highest BCUT2D eigenvalue weighted by Crippen LogP contribution is 2.40. The van der Waals surface area contributed by atoms with Gasteiger partial charge in [-0.05, 0) is 31.6 Å². The van der Waals surface area contributed by atoms with Crippen molar-refractivity contribution in [3.63, 3.8) is 0 Å². The van der Waals surface area contributed by atoms with Crippen molar-refractivity contribution in [2.24, 2.45) is 0 Å². The zero-order valence-electron chi connectivity index (χ0n) is 16.1. The maximum Gasteiger partial charge on any atom is 0.430 e. The van der Waals surface area contributed by atoms with Crippen LogP contribution in [0, 0.1) is 13.8 Å². The van der Waals surface area contributed by atoms with E-state index in [0.29, 0.717) is 11.1 Å². The van der Waals surface area contributed by atoms with E-state index in [9.17, 15) is 18.0 Å². The molecule has 1 aromatic carbocycles. The Balaban J connectivity index is 1.61. The molecule has 0 aromatic heterocycles. The quantitative estimate of drug-likeness (QED) is 0.709. The van der Waals surface area contributed by atoms with Crippen LogP contribution >= 0.6 is 0 Å². The summed E-state index contributed by atoms with van der Waals surface area (Å²) in [5.41, 5.74) is 1.22. The van der Waals surface area contributed by atoms with Crippen LogP contribution in [0.2, 0.25) is 0 Å². The number of carbonyl (C=O) groups excluding carboxylic acids is 1. The number of carbonyl (C=O) groups is 1. The molecule has 5 atom stereocenters. The molecule has 2 fully saturated rings. The number of alkyl halides is 3. The molecule has 0 saturated carbocycles. The van der Waals surface area contributed by atoms with Gasteiger partial charge in [-0.1, -0.05) is 11.6 Å². The van der Waals surface area contributed by atoms with Crippen LogP contribution < -0.4 is 4.74 Å². The predicted octanol–water partition coefficient (Wildman–Crippen LogP) is 2.73. The van der Waals surface area contributed by atoms with Crippen molar-refractivity contribution in [2.45, 2.75) is 50.5 Å². The number of rotatable bonds is 3. The first-order valence-electron chi connectivity index (χ1n) is 9.22. The number of ether oxygens (including phenoxy) is 5. The summed E-state index contributed by atoms with van der Waals surface area (Å²) in [6.07, 6.45) is -8.10. The van der Waals surface area contributed by atoms with Crippen molar-refractivity contribution in [3.8, 4) is 5.75 Å². The van der Waals surface area contributed by atoms with Crippen LogP contribution in [0.5, 0.6) is 5.75 Å². The van der Waals surface area contributed by atoms with Gasteiger partial charge in [-0.3, -0.25) is 0 Å². The maximum absolute atomic E-state index is 13.6. The first-order valence-corrected chi connectivity index (χ1v) is 9.22. The van der Waals surface area contributed by atoms with Crippen molar-refractivity contribution in [1.29, 1.82) is 0 Å². The van der Waals surface area contributed by atoms with E-state index in [1.54, 1.807) is 19.1 Å². The Kier molecular flexibility index (Phi) is 5.08. The lowest BCUT2D eigenvalue weighted by molar-refractivity contribution is -0.189. The Hall–Kier alpha value is -2.10. The van der Waals surface area contributed by atoms with E-state index in [4.69, 9.17) is 23.7 Å². The van der Waals surface area contributed by atoms with E-state index in [-0.39, 0.29) is 25.1 Å². The first kappa shape index (κ1) is 20.2. The molecule has 0 aliphatic carbocycles. The largest absolute Gasteiger partial charge is 0.475 e. The molecule has 4 rings (SSSR count). The molecule has 0 bridgehead atoms. The Morgan fingerprint density at radius 1 is 1.10 bits per heavy atom. The minimum atomic E-state index is -4.78. The van der Waals surface area contributed by atoms with Crippen LogP contribution in [0.4, 0.5) is 13.2 Å². The van der Waals surface area contributed by atoms with Gasteiger partial charge in [-0.25, -0.2) is 4.79 Å². The molecule has 3 heterocycles. The van der Waals surface area contributed by atoms with Gasteiger partial charge in [0.25, 0.3) is 0 Å². The molecule has 0 N–H and O–H groups in total. The van der Waals surface area contributed by atoms with Crippen LogP contribution in [0.3, 0.4) is 0 Å². The number of hydrogen-bond acceptors (Lipinski definition) is 6. The molecule has 9 heteroatoms. The summed E-state index contributed by atoms with van der Waals surface area (Å²) in [6.45, 7) is 3.77. The van der Waals surface area contributed by atoms with Crippen molar-refractivity contribution in [2.75, 3.05) is 20.3 Å². The second-order valence-electron chi connectivity index (χ2n) is 7.45. The molecule has 1 aromatic rings. The molecule has 1 unspecified atom stereocenters. The number of halogens is 3. The van der Waals surface area contributed by atoms with Gasteiger partial charge in [-0.2, -0.15) is 13.2 Å². The van der Waals surface area contributed by atoms with Crippen LogP contribution in [0.25, 0.3) is 6.08 Å². The zero-order chi connectivity index (χ0) is 20.9. The predicted molar refractivity (Wildman–Crippen MR) is 94.5 cm³/mol. The molecular formula is C20H21F3O6. The van der Waals surface area contributed by atoms with E-state index in [1.165, 1.54) is 13.2 Å². The molecule has 2 saturated heterocycles. The lowest BCUT2D eigenvalue weighted by Gasteiger charge is -2.29. The third kappa shape index (κ3) is 3.62. The zero-order valence-corrected chi connectivity index (χ0v) is 16.1. The smallest absolute Gasteiger partial charge is 0.430 e. The fourth-order valence-electron chi connectivity index (χ4n) is 4.03. The Morgan fingerprint density at radius 3 is 2.41 bits per heavy atom. The van der Waals surface area contributed by atoms with Gasteiger partial charge in [0.2, 0.25) is 6.10 Å². The summed E-state index contributed by atoms with van der Waals surface area (Å²) in [5.74, 6) is -0.989. The van der Waals surface area contributed by atoms with Crippen molar-refractivity contribution >= 4 is 12.0 Å². The summed E-state index contributed by atoms with van der Waals surface area (Å²) >= 11 is 0. The summed E-state index contributed by atoms with van der Waals surface area (Å²) in [6, 6.07) is 3.39. The monoisotopic (exact) mass is 414 g/mol. The topological polar surface area (TPSA) is 63.2 Å². The maximum atomic E-state index is 13.6. The second-order valence-corrected chi connectivity index (χ2v) is 7.45. The number of aryl methyl sites for hydroxylation is 2. The van der Waals surface area contributed by atoms with Gasteiger partial charge >= 0.3 is 12.1 Å². The lowest BCUT2D eigenvalue weighted by atomic mass is 9.97. The highest BCUT2D eigenvalue weighted by molar-refractivity contribution is 5.96. The van der Waals surface area contributed by atoms with Gasteiger partial charge in [-0.15, -0.1) is 0 Å². The Bertz CT molecular complexity index is 849. The average molecular weight is 414 g/mol. The highest BCUT2D eigenvalue weighted by atomic mass is 19.4. The average Bonchev–Trinajstić information content (AvgIpc) is 3.22. The highest BCUT2D eigenvalue weighted by Gasteiger charge is 2.52. The van der Waals surface area contributed by atoms with Crippen LogP contribution in [-0.2, 0) is 23.7 Å². The molecule has 3 aliphatic heterocycles. The van der Waals surface area contributed by atoms with Gasteiger partial charge in [0.1, 0.15) is 24.1 Å². The van der Waals surface area contributed by atoms with E-state index >= 15 is 0 Å². The SMILES string of the molecule is CO[C@@H]1CO[C@H]2[C@@H]1OC[C@@H]2OC(=O)C1=Cc2cc(C)cc(C)c2OC1C(F)(F)F. The minimum Gasteiger partial charge on any atom is -0.475 e. The normalized spacial score (nSPS) is 31.0. The van der Waals surface area contributed by atoms with Crippen LogP contribution in [-0.4, -0.2) is 63.0 Å². The standard InChI is InChI=1S/C20H21F3O6/c1-9-4-10(2)15-11(5-9)6-12(18(29-15)20(21,22)23)19(24)28-14-8-27-16-13(25-3)7-26-17(14)16/h4-6,13-14,16-18H,7-8H2,1-3H3/t13-,14+,16-,17-,18?/m1/s1. The second kappa shape index (κ2) is 7.30. The number of hydrogen-bond donors (Lipinski definition) is 0. The number of fused-ring (bicyclic) bond motifs is 2. The molecule has 6 nitrogen and oxygen atoms in total. The minimum absolute atomic E-state index is 0.0283. The van der Waals surface area contributed by atoms with Gasteiger partial charge < -0.3 is 23.7 Å². The van der Waals surface area contributed by atoms with Crippen LogP contribution in [0.1, 0.15) is 16.7 Å². The third-order valence-corrected chi connectivity index (χ3v) is 5.33. The summed E-state index contributed by atoms with van der Waals surface area (Å²) in [5, 5.41) is 0.